The third-order valence-electron chi connectivity index (χ3n) is 7.00. The first kappa shape index (κ1) is 33.0. The molecule has 36 heavy (non-hydrogen) atoms. The van der Waals surface area contributed by atoms with Gasteiger partial charge < -0.3 is 10.6 Å². The number of nitrogens with two attached hydrogens (primary N) is 1. The maximum absolute atomic E-state index is 5.96. The van der Waals surface area contributed by atoms with Gasteiger partial charge in [-0.1, -0.05) is 13.0 Å². The number of hydrogen-bond donors (Lipinski definition) is 1. The number of nitrogens with zero attached hydrogens (tertiary/aromatic N) is 5. The first-order valence-electron chi connectivity index (χ1n) is 12.0. The molecule has 3 aromatic rings. The molecule has 11 heteroatoms. The summed E-state index contributed by atoms with van der Waals surface area (Å²) in [6.07, 6.45) is 6.48. The highest BCUT2D eigenvalue weighted by Gasteiger charge is 2.27. The molecule has 3 heterocycles. The van der Waals surface area contributed by atoms with Crippen molar-refractivity contribution in [3.05, 3.63) is 47.1 Å². The number of aromatic nitrogens is 2. The number of hydrogen-bond acceptors (Lipinski definition) is 7. The van der Waals surface area contributed by atoms with Crippen molar-refractivity contribution in [2.75, 3.05) is 56.4 Å². The fourth-order valence-corrected chi connectivity index (χ4v) is 6.25. The van der Waals surface area contributed by atoms with Crippen LogP contribution in [0.2, 0.25) is 0 Å². The molecule has 1 aliphatic heterocycles. The molecular weight excluding hydrogens is 558 g/mol. The normalized spacial score (nSPS) is 17.4. The van der Waals surface area contributed by atoms with E-state index in [-0.39, 0.29) is 49.6 Å². The highest BCUT2D eigenvalue weighted by molar-refractivity contribution is 7.15. The van der Waals surface area contributed by atoms with E-state index in [1.165, 1.54) is 41.0 Å². The first-order valence-corrected chi connectivity index (χ1v) is 12.8. The lowest BCUT2D eigenvalue weighted by atomic mass is 9.96. The summed E-state index contributed by atoms with van der Waals surface area (Å²) in [4.78, 5) is 18.4. The third-order valence-corrected chi connectivity index (χ3v) is 7.95. The van der Waals surface area contributed by atoms with Crippen LogP contribution in [-0.4, -0.2) is 71.6 Å². The fraction of sp³-hybridized carbons (Fsp3) is 0.520. The van der Waals surface area contributed by atoms with Gasteiger partial charge in [0.1, 0.15) is 0 Å². The first-order chi connectivity index (χ1) is 15.7. The van der Waals surface area contributed by atoms with Crippen molar-refractivity contribution in [1.29, 1.82) is 0 Å². The van der Waals surface area contributed by atoms with Gasteiger partial charge >= 0.3 is 0 Å². The van der Waals surface area contributed by atoms with Crippen LogP contribution in [0.4, 0.5) is 10.8 Å². The second-order valence-corrected chi connectivity index (χ2v) is 10.1. The monoisotopic (exact) mass is 594 g/mol. The summed E-state index contributed by atoms with van der Waals surface area (Å²) in [5.41, 5.74) is 9.62. The molecule has 1 fully saturated rings. The van der Waals surface area contributed by atoms with Gasteiger partial charge in [-0.3, -0.25) is 14.8 Å². The maximum Gasteiger partial charge on any atom is 0.180 e. The zero-order valence-corrected chi connectivity index (χ0v) is 24.8. The summed E-state index contributed by atoms with van der Waals surface area (Å²) >= 11 is 1.69. The molecule has 2 N–H and O–H groups in total. The molecule has 6 nitrogen and oxygen atoms in total. The van der Waals surface area contributed by atoms with Crippen LogP contribution in [-0.2, 0) is 12.8 Å². The van der Waals surface area contributed by atoms with E-state index in [9.17, 15) is 0 Å². The molecule has 0 unspecified atom stereocenters. The molecule has 1 atom stereocenters. The number of rotatable bonds is 7. The molecule has 2 aliphatic rings. The topological polar surface area (TPSA) is 61.5 Å². The van der Waals surface area contributed by atoms with Gasteiger partial charge in [-0.25, -0.2) is 4.98 Å². The van der Waals surface area contributed by atoms with E-state index in [1.807, 2.05) is 12.3 Å². The smallest absolute Gasteiger partial charge is 0.180 e. The minimum Gasteiger partial charge on any atom is -0.375 e. The van der Waals surface area contributed by atoms with Crippen molar-refractivity contribution in [2.45, 2.75) is 38.6 Å². The van der Waals surface area contributed by atoms with E-state index in [0.717, 1.165) is 62.8 Å². The summed E-state index contributed by atoms with van der Waals surface area (Å²) in [5.74, 6) is 0. The maximum atomic E-state index is 5.96. The summed E-state index contributed by atoms with van der Waals surface area (Å²) in [6, 6.07) is 11.3. The van der Waals surface area contributed by atoms with E-state index < -0.39 is 0 Å². The molecular formula is C25H38Cl4N6S. The minimum atomic E-state index is 0. The fourth-order valence-electron chi connectivity index (χ4n) is 5.30. The highest BCUT2D eigenvalue weighted by atomic mass is 35.5. The Hall–Kier alpha value is -1.06. The average Bonchev–Trinajstić information content (AvgIpc) is 3.21. The molecule has 0 spiro atoms. The van der Waals surface area contributed by atoms with E-state index in [1.54, 1.807) is 11.3 Å². The van der Waals surface area contributed by atoms with E-state index >= 15 is 0 Å². The van der Waals surface area contributed by atoms with Crippen LogP contribution in [0.5, 0.6) is 0 Å². The number of piperazine rings is 1. The molecule has 0 amide bonds. The zero-order chi connectivity index (χ0) is 21.9. The predicted molar refractivity (Wildman–Crippen MR) is 164 cm³/mol. The number of aryl methyl sites for hydroxylation is 1. The summed E-state index contributed by atoms with van der Waals surface area (Å²) in [5, 5.41) is 2.00. The summed E-state index contributed by atoms with van der Waals surface area (Å²) in [6.45, 7) is 10.2. The molecule has 0 bridgehead atoms. The number of halogens is 4. The largest absolute Gasteiger partial charge is 0.375 e. The second-order valence-electron chi connectivity index (χ2n) is 9.03. The lowest BCUT2D eigenvalue weighted by Crippen LogP contribution is -2.50. The van der Waals surface area contributed by atoms with Gasteiger partial charge in [0.15, 0.2) is 5.13 Å². The highest BCUT2D eigenvalue weighted by Crippen LogP contribution is 2.30. The van der Waals surface area contributed by atoms with Crippen LogP contribution >= 0.6 is 61.0 Å². The van der Waals surface area contributed by atoms with Gasteiger partial charge in [-0.2, -0.15) is 0 Å². The van der Waals surface area contributed by atoms with Gasteiger partial charge in [0.05, 0.1) is 11.2 Å². The van der Waals surface area contributed by atoms with Crippen molar-refractivity contribution < 1.29 is 0 Å². The quantitative estimate of drug-likeness (QED) is 0.397. The number of fused-ring (bicyclic) bond motifs is 2. The van der Waals surface area contributed by atoms with Crippen LogP contribution < -0.4 is 10.6 Å². The van der Waals surface area contributed by atoms with Crippen molar-refractivity contribution in [3.8, 4) is 0 Å². The molecule has 0 radical (unpaired) electrons. The van der Waals surface area contributed by atoms with Crippen molar-refractivity contribution >= 4 is 82.7 Å². The van der Waals surface area contributed by atoms with Crippen LogP contribution in [0.25, 0.3) is 10.9 Å². The lowest BCUT2D eigenvalue weighted by molar-refractivity contribution is 0.146. The minimum absolute atomic E-state index is 0. The van der Waals surface area contributed by atoms with E-state index in [4.69, 9.17) is 5.73 Å². The Balaban J connectivity index is 0.00000162. The van der Waals surface area contributed by atoms with Crippen LogP contribution in [0.1, 0.15) is 30.3 Å². The summed E-state index contributed by atoms with van der Waals surface area (Å²) in [7, 11) is 0. The number of benzene rings is 1. The Bertz CT molecular complexity index is 1050. The van der Waals surface area contributed by atoms with E-state index in [2.05, 4.69) is 55.9 Å². The molecule has 0 saturated carbocycles. The van der Waals surface area contributed by atoms with E-state index in [0.29, 0.717) is 6.04 Å². The van der Waals surface area contributed by atoms with Gasteiger partial charge in [0.2, 0.25) is 0 Å². The lowest BCUT2D eigenvalue weighted by Gasteiger charge is -2.39. The molecule has 202 valence electrons. The number of anilines is 2. The molecule has 5 rings (SSSR count). The van der Waals surface area contributed by atoms with Crippen LogP contribution in [0.3, 0.4) is 0 Å². The van der Waals surface area contributed by atoms with Gasteiger partial charge in [0.25, 0.3) is 0 Å². The molecule has 1 aliphatic carbocycles. The molecule has 1 saturated heterocycles. The Morgan fingerprint density at radius 1 is 1.03 bits per heavy atom. The Labute approximate surface area is 243 Å². The zero-order valence-electron chi connectivity index (χ0n) is 20.7. The van der Waals surface area contributed by atoms with Gasteiger partial charge in [-0.05, 0) is 56.5 Å². The van der Waals surface area contributed by atoms with Gasteiger partial charge in [-0.15, -0.1) is 61.0 Å². The Kier molecular flexibility index (Phi) is 14.1. The average molecular weight is 597 g/mol. The predicted octanol–water partition coefficient (Wildman–Crippen LogP) is 5.35. The Morgan fingerprint density at radius 3 is 2.56 bits per heavy atom. The standard InChI is InChI=1S/C25H34N6S.4ClH/c1-2-11-30(19-8-9-22-24(18-19)32-25(26)28-22)15-12-29-13-16-31(17-14-29)23-7-3-6-21-20(23)5-4-10-27-21;;;;/h3-7,10,19H,2,8-9,11-18H2,1H3,(H2,26,28);4*1H/t19-;;;;/m0..../s1. The number of nitrogen functional groups attached to an aromatic ring is 1. The van der Waals surface area contributed by atoms with Gasteiger partial charge in [0, 0.05) is 67.5 Å². The third kappa shape index (κ3) is 7.50. The second kappa shape index (κ2) is 15.4. The van der Waals surface area contributed by atoms with Crippen molar-refractivity contribution in [3.63, 3.8) is 0 Å². The van der Waals surface area contributed by atoms with Crippen molar-refractivity contribution in [2.24, 2.45) is 0 Å². The number of thiazole rings is 1. The Morgan fingerprint density at radius 2 is 1.81 bits per heavy atom. The summed E-state index contributed by atoms with van der Waals surface area (Å²) < 4.78 is 0. The van der Waals surface area contributed by atoms with Crippen LogP contribution in [0, 0.1) is 0 Å². The SMILES string of the molecule is CCCN(CCN1CCN(c2cccc3ncccc23)CC1)[C@H]1CCc2nc(N)sc2C1.Cl.Cl.Cl.Cl. The van der Waals surface area contributed by atoms with Crippen molar-refractivity contribution in [1.82, 2.24) is 19.8 Å². The molecule has 1 aromatic carbocycles. The molecule has 2 aromatic heterocycles. The van der Waals surface area contributed by atoms with Crippen LogP contribution in [0.15, 0.2) is 36.5 Å². The number of pyridine rings is 1.